The van der Waals surface area contributed by atoms with Crippen LogP contribution in [0.2, 0.25) is 0 Å². The van der Waals surface area contributed by atoms with Crippen LogP contribution in [0.3, 0.4) is 0 Å². The first-order chi connectivity index (χ1) is 6.30. The van der Waals surface area contributed by atoms with E-state index in [2.05, 4.69) is 0 Å². The minimum absolute atomic E-state index is 0. The third kappa shape index (κ3) is 3.79. The van der Waals surface area contributed by atoms with Crippen LogP contribution in [0.4, 0.5) is 0 Å². The van der Waals surface area contributed by atoms with Gasteiger partial charge in [-0.15, -0.1) is 0 Å². The van der Waals surface area contributed by atoms with E-state index in [4.69, 9.17) is 20.4 Å². The molecule has 0 aromatic rings. The van der Waals surface area contributed by atoms with Gasteiger partial charge in [-0.05, 0) is 25.7 Å². The Morgan fingerprint density at radius 1 is 0.800 bits per heavy atom. The molecule has 2 fully saturated rings. The second kappa shape index (κ2) is 4.49. The summed E-state index contributed by atoms with van der Waals surface area (Å²) in [5.41, 5.74) is -2.67. The minimum Gasteiger partial charge on any atom is -0.479 e. The van der Waals surface area contributed by atoms with Crippen molar-refractivity contribution in [2.24, 2.45) is 0 Å². The number of carbonyl (C=O) groups is 2. The average molecular weight is 268 g/mol. The summed E-state index contributed by atoms with van der Waals surface area (Å²) in [6.45, 7) is 0. The number of aliphatic hydroxyl groups is 2. The topological polar surface area (TPSA) is 115 Å². The van der Waals surface area contributed by atoms with Gasteiger partial charge in [0.25, 0.3) is 0 Å². The zero-order valence-electron chi connectivity index (χ0n) is 7.74. The quantitative estimate of drug-likeness (QED) is 0.487. The van der Waals surface area contributed by atoms with E-state index in [0.717, 1.165) is 0 Å². The molecule has 6 nitrogen and oxygen atoms in total. The van der Waals surface area contributed by atoms with Crippen molar-refractivity contribution in [2.45, 2.75) is 36.9 Å². The van der Waals surface area contributed by atoms with Crippen molar-refractivity contribution in [3.8, 4) is 0 Å². The van der Waals surface area contributed by atoms with Gasteiger partial charge in [0.05, 0.1) is 0 Å². The molecule has 0 aromatic carbocycles. The molecule has 0 heterocycles. The molecular formula is C8H12CuO6. The normalized spacial score (nSPS) is 22.5. The molecule has 0 aliphatic heterocycles. The fourth-order valence-electron chi connectivity index (χ4n) is 0.665. The number of rotatable bonds is 2. The van der Waals surface area contributed by atoms with Crippen molar-refractivity contribution in [1.82, 2.24) is 0 Å². The van der Waals surface area contributed by atoms with Crippen molar-refractivity contribution in [1.29, 1.82) is 0 Å². The van der Waals surface area contributed by atoms with Gasteiger partial charge in [0, 0.05) is 17.1 Å². The zero-order valence-corrected chi connectivity index (χ0v) is 8.68. The summed E-state index contributed by atoms with van der Waals surface area (Å²) < 4.78 is 0. The van der Waals surface area contributed by atoms with Crippen LogP contribution >= 0.6 is 0 Å². The van der Waals surface area contributed by atoms with Gasteiger partial charge in [-0.3, -0.25) is 0 Å². The number of hydrogen-bond acceptors (Lipinski definition) is 4. The molecule has 4 N–H and O–H groups in total. The molecule has 7 heteroatoms. The molecule has 0 unspecified atom stereocenters. The van der Waals surface area contributed by atoms with E-state index in [1.54, 1.807) is 0 Å². The molecule has 2 aliphatic carbocycles. The fraction of sp³-hybridized carbons (Fsp3) is 0.750. The summed E-state index contributed by atoms with van der Waals surface area (Å²) in [7, 11) is 0. The van der Waals surface area contributed by atoms with E-state index in [9.17, 15) is 9.59 Å². The predicted molar refractivity (Wildman–Crippen MR) is 43.6 cm³/mol. The molecule has 0 bridgehead atoms. The summed E-state index contributed by atoms with van der Waals surface area (Å²) in [5, 5.41) is 33.3. The first-order valence-electron chi connectivity index (χ1n) is 4.22. The molecular weight excluding hydrogens is 256 g/mol. The largest absolute Gasteiger partial charge is 0.479 e. The van der Waals surface area contributed by atoms with E-state index in [1.807, 2.05) is 0 Å². The maximum Gasteiger partial charge on any atom is 0.335 e. The molecule has 0 spiro atoms. The van der Waals surface area contributed by atoms with E-state index in [0.29, 0.717) is 25.7 Å². The molecule has 91 valence electrons. The van der Waals surface area contributed by atoms with Gasteiger partial charge in [-0.2, -0.15) is 0 Å². The molecule has 2 saturated carbocycles. The maximum atomic E-state index is 9.83. The van der Waals surface area contributed by atoms with E-state index < -0.39 is 23.1 Å². The Morgan fingerprint density at radius 2 is 1.00 bits per heavy atom. The number of hydrogen-bond donors (Lipinski definition) is 4. The van der Waals surface area contributed by atoms with Crippen LogP contribution in [-0.4, -0.2) is 43.6 Å². The van der Waals surface area contributed by atoms with Gasteiger partial charge < -0.3 is 20.4 Å². The Labute approximate surface area is 96.4 Å². The fourth-order valence-corrected chi connectivity index (χ4v) is 0.665. The van der Waals surface area contributed by atoms with Gasteiger partial charge >= 0.3 is 11.9 Å². The molecule has 15 heavy (non-hydrogen) atoms. The molecule has 1 radical (unpaired) electrons. The van der Waals surface area contributed by atoms with Crippen LogP contribution in [0.25, 0.3) is 0 Å². The standard InChI is InChI=1S/2C4H6O3.Cu/c2*5-3(6)4(7)1-2-4;/h2*7H,1-2H2,(H,5,6);. The van der Waals surface area contributed by atoms with Gasteiger partial charge in [-0.25, -0.2) is 9.59 Å². The first kappa shape index (κ1) is 14.4. The van der Waals surface area contributed by atoms with Crippen molar-refractivity contribution < 1.29 is 47.1 Å². The Morgan fingerprint density at radius 3 is 1.00 bits per heavy atom. The molecule has 2 aliphatic rings. The van der Waals surface area contributed by atoms with Crippen LogP contribution < -0.4 is 0 Å². The second-order valence-electron chi connectivity index (χ2n) is 3.67. The van der Waals surface area contributed by atoms with Gasteiger partial charge in [-0.1, -0.05) is 0 Å². The third-order valence-electron chi connectivity index (χ3n) is 2.24. The Bertz CT molecular complexity index is 240. The Hall–Kier alpha value is -0.621. The summed E-state index contributed by atoms with van der Waals surface area (Å²) in [6, 6.07) is 0. The van der Waals surface area contributed by atoms with Crippen LogP contribution in [-0.2, 0) is 26.7 Å². The molecule has 0 aromatic heterocycles. The molecule has 0 amide bonds. The Kier molecular flexibility index (Phi) is 4.30. The van der Waals surface area contributed by atoms with Gasteiger partial charge in [0.2, 0.25) is 0 Å². The molecule has 2 rings (SSSR count). The second-order valence-corrected chi connectivity index (χ2v) is 3.67. The Balaban J connectivity index is 0.000000245. The van der Waals surface area contributed by atoms with Crippen molar-refractivity contribution in [3.05, 3.63) is 0 Å². The minimum atomic E-state index is -1.33. The number of carboxylic acids is 2. The van der Waals surface area contributed by atoms with Crippen LogP contribution in [0.1, 0.15) is 25.7 Å². The number of carboxylic acid groups (broad SMARTS) is 2. The summed E-state index contributed by atoms with van der Waals surface area (Å²) >= 11 is 0. The van der Waals surface area contributed by atoms with Crippen molar-refractivity contribution in [2.75, 3.05) is 0 Å². The average Bonchev–Trinajstić information content (AvgIpc) is 2.93. The van der Waals surface area contributed by atoms with E-state index in [-0.39, 0.29) is 17.1 Å². The third-order valence-corrected chi connectivity index (χ3v) is 2.24. The van der Waals surface area contributed by atoms with E-state index in [1.165, 1.54) is 0 Å². The summed E-state index contributed by atoms with van der Waals surface area (Å²) in [4.78, 5) is 19.7. The van der Waals surface area contributed by atoms with Crippen molar-refractivity contribution in [3.63, 3.8) is 0 Å². The maximum absolute atomic E-state index is 9.83. The van der Waals surface area contributed by atoms with Crippen LogP contribution in [0.5, 0.6) is 0 Å². The van der Waals surface area contributed by atoms with Gasteiger partial charge in [0.1, 0.15) is 0 Å². The zero-order chi connectivity index (χ0) is 11.0. The molecule has 0 atom stereocenters. The SMILES string of the molecule is O=C(O)C1(O)CC1.O=C(O)C1(O)CC1.[Cu]. The van der Waals surface area contributed by atoms with Crippen LogP contribution in [0.15, 0.2) is 0 Å². The smallest absolute Gasteiger partial charge is 0.335 e. The first-order valence-corrected chi connectivity index (χ1v) is 4.22. The summed E-state index contributed by atoms with van der Waals surface area (Å²) in [5.74, 6) is -2.18. The monoisotopic (exact) mass is 267 g/mol. The summed E-state index contributed by atoms with van der Waals surface area (Å²) in [6.07, 6.45) is 1.68. The van der Waals surface area contributed by atoms with E-state index >= 15 is 0 Å². The number of aliphatic carboxylic acids is 2. The predicted octanol–water partition coefficient (Wildman–Crippen LogP) is -0.811. The molecule has 0 saturated heterocycles. The van der Waals surface area contributed by atoms with Crippen LogP contribution in [0, 0.1) is 0 Å². The van der Waals surface area contributed by atoms with Crippen molar-refractivity contribution >= 4 is 11.9 Å². The van der Waals surface area contributed by atoms with Gasteiger partial charge in [0.15, 0.2) is 11.2 Å².